The van der Waals surface area contributed by atoms with Crippen LogP contribution in [0.5, 0.6) is 17.2 Å². The number of amides is 2. The second kappa shape index (κ2) is 7.77. The van der Waals surface area contributed by atoms with Crippen molar-refractivity contribution in [2.24, 2.45) is 5.92 Å². The van der Waals surface area contributed by atoms with Gasteiger partial charge in [-0.05, 0) is 18.1 Å². The molecule has 1 aromatic carbocycles. The van der Waals surface area contributed by atoms with Gasteiger partial charge in [-0.2, -0.15) is 0 Å². The minimum Gasteiger partial charge on any atom is -0.492 e. The van der Waals surface area contributed by atoms with Crippen LogP contribution in [0.4, 0.5) is 4.79 Å². The lowest BCUT2D eigenvalue weighted by Gasteiger charge is -2.21. The average Bonchev–Trinajstić information content (AvgIpc) is 2.98. The van der Waals surface area contributed by atoms with Crippen molar-refractivity contribution in [3.05, 3.63) is 18.2 Å². The molecule has 1 aliphatic heterocycles. The minimum atomic E-state index is -0.0745. The first kappa shape index (κ1) is 16.3. The molecule has 1 heterocycles. The highest BCUT2D eigenvalue weighted by Crippen LogP contribution is 2.34. The summed E-state index contributed by atoms with van der Waals surface area (Å²) >= 11 is 0. The molecule has 0 aliphatic carbocycles. The van der Waals surface area contributed by atoms with E-state index in [9.17, 15) is 4.79 Å². The summed E-state index contributed by atoms with van der Waals surface area (Å²) in [5, 5.41) is 2.84. The molecular weight excluding hydrogens is 284 g/mol. The predicted molar refractivity (Wildman–Crippen MR) is 83.5 cm³/mol. The zero-order valence-electron chi connectivity index (χ0n) is 13.4. The third kappa shape index (κ3) is 4.44. The van der Waals surface area contributed by atoms with E-state index in [0.717, 1.165) is 18.7 Å². The normalized spacial score (nSPS) is 13.6. The molecule has 1 aliphatic rings. The number of benzene rings is 1. The van der Waals surface area contributed by atoms with Gasteiger partial charge >= 0.3 is 6.03 Å². The molecule has 122 valence electrons. The van der Waals surface area contributed by atoms with Crippen molar-refractivity contribution >= 4 is 6.03 Å². The van der Waals surface area contributed by atoms with Crippen molar-refractivity contribution in [3.8, 4) is 17.2 Å². The smallest absolute Gasteiger partial charge is 0.317 e. The molecule has 2 amide bonds. The van der Waals surface area contributed by atoms with Gasteiger partial charge in [-0.3, -0.25) is 0 Å². The van der Waals surface area contributed by atoms with Crippen LogP contribution in [0.2, 0.25) is 0 Å². The predicted octanol–water partition coefficient (Wildman–Crippen LogP) is 2.48. The molecule has 0 spiro atoms. The van der Waals surface area contributed by atoms with Gasteiger partial charge in [0.2, 0.25) is 6.79 Å². The monoisotopic (exact) mass is 308 g/mol. The third-order valence-electron chi connectivity index (χ3n) is 3.62. The fourth-order valence-corrected chi connectivity index (χ4v) is 2.11. The van der Waals surface area contributed by atoms with Gasteiger partial charge < -0.3 is 24.4 Å². The number of carbonyl (C=O) groups excluding carboxylic acids is 1. The van der Waals surface area contributed by atoms with Gasteiger partial charge in [-0.25, -0.2) is 4.79 Å². The average molecular weight is 308 g/mol. The standard InChI is InChI=1S/C16H24N2O4/c1-4-12(2)10-18(3)16(19)17-7-8-20-13-5-6-14-15(9-13)22-11-21-14/h5-6,9,12H,4,7-8,10-11H2,1-3H3,(H,17,19). The maximum atomic E-state index is 11.9. The Morgan fingerprint density at radius 3 is 2.95 bits per heavy atom. The summed E-state index contributed by atoms with van der Waals surface area (Å²) in [7, 11) is 1.81. The van der Waals surface area contributed by atoms with E-state index in [0.29, 0.717) is 30.6 Å². The quantitative estimate of drug-likeness (QED) is 0.786. The largest absolute Gasteiger partial charge is 0.492 e. The summed E-state index contributed by atoms with van der Waals surface area (Å²) in [6.07, 6.45) is 1.06. The van der Waals surface area contributed by atoms with E-state index < -0.39 is 0 Å². The maximum absolute atomic E-state index is 11.9. The molecule has 0 saturated heterocycles. The lowest BCUT2D eigenvalue weighted by Crippen LogP contribution is -2.41. The molecule has 1 atom stereocenters. The first-order chi connectivity index (χ1) is 10.6. The number of carbonyl (C=O) groups is 1. The number of nitrogens with one attached hydrogen (secondary N) is 1. The molecule has 2 rings (SSSR count). The fraction of sp³-hybridized carbons (Fsp3) is 0.562. The molecule has 0 radical (unpaired) electrons. The first-order valence-electron chi connectivity index (χ1n) is 7.61. The first-order valence-corrected chi connectivity index (χ1v) is 7.61. The molecule has 1 aromatic rings. The zero-order valence-corrected chi connectivity index (χ0v) is 13.4. The molecule has 22 heavy (non-hydrogen) atoms. The van der Waals surface area contributed by atoms with Crippen molar-refractivity contribution in [1.29, 1.82) is 0 Å². The Kier molecular flexibility index (Phi) is 5.75. The fourth-order valence-electron chi connectivity index (χ4n) is 2.11. The number of fused-ring (bicyclic) bond motifs is 1. The number of hydrogen-bond acceptors (Lipinski definition) is 4. The van der Waals surface area contributed by atoms with Gasteiger partial charge in [0.1, 0.15) is 12.4 Å². The maximum Gasteiger partial charge on any atom is 0.317 e. The summed E-state index contributed by atoms with van der Waals surface area (Å²) in [5.74, 6) is 2.62. The van der Waals surface area contributed by atoms with Crippen LogP contribution in [-0.4, -0.2) is 44.5 Å². The Hall–Kier alpha value is -2.11. The summed E-state index contributed by atoms with van der Waals surface area (Å²) in [4.78, 5) is 13.6. The van der Waals surface area contributed by atoms with E-state index in [1.165, 1.54) is 0 Å². The Bertz CT molecular complexity index is 507. The molecule has 0 bridgehead atoms. The number of nitrogens with zero attached hydrogens (tertiary/aromatic N) is 1. The van der Waals surface area contributed by atoms with E-state index in [2.05, 4.69) is 19.2 Å². The van der Waals surface area contributed by atoms with Gasteiger partial charge in [0.15, 0.2) is 11.5 Å². The van der Waals surface area contributed by atoms with Gasteiger partial charge in [0, 0.05) is 19.7 Å². The van der Waals surface area contributed by atoms with E-state index in [4.69, 9.17) is 14.2 Å². The van der Waals surface area contributed by atoms with Crippen LogP contribution in [-0.2, 0) is 0 Å². The second-order valence-electron chi connectivity index (χ2n) is 5.49. The molecule has 6 nitrogen and oxygen atoms in total. The van der Waals surface area contributed by atoms with Crippen LogP contribution in [0.1, 0.15) is 20.3 Å². The molecule has 0 saturated carbocycles. The number of hydrogen-bond donors (Lipinski definition) is 1. The topological polar surface area (TPSA) is 60.0 Å². The lowest BCUT2D eigenvalue weighted by atomic mass is 10.1. The van der Waals surface area contributed by atoms with Crippen molar-refractivity contribution < 1.29 is 19.0 Å². The van der Waals surface area contributed by atoms with Crippen LogP contribution < -0.4 is 19.5 Å². The van der Waals surface area contributed by atoms with Gasteiger partial charge in [0.05, 0.1) is 6.54 Å². The van der Waals surface area contributed by atoms with Crippen LogP contribution in [0.3, 0.4) is 0 Å². The Morgan fingerprint density at radius 2 is 2.18 bits per heavy atom. The minimum absolute atomic E-state index is 0.0745. The number of urea groups is 1. The van der Waals surface area contributed by atoms with Crippen LogP contribution in [0.25, 0.3) is 0 Å². The highest BCUT2D eigenvalue weighted by molar-refractivity contribution is 5.73. The zero-order chi connectivity index (χ0) is 15.9. The Morgan fingerprint density at radius 1 is 1.41 bits per heavy atom. The van der Waals surface area contributed by atoms with Gasteiger partial charge in [-0.15, -0.1) is 0 Å². The van der Waals surface area contributed by atoms with Crippen LogP contribution in [0.15, 0.2) is 18.2 Å². The molecule has 1 unspecified atom stereocenters. The summed E-state index contributed by atoms with van der Waals surface area (Å²) < 4.78 is 16.1. The lowest BCUT2D eigenvalue weighted by molar-refractivity contribution is 0.173. The third-order valence-corrected chi connectivity index (χ3v) is 3.62. The van der Waals surface area contributed by atoms with Crippen LogP contribution in [0, 0.1) is 5.92 Å². The molecule has 0 aromatic heterocycles. The molecular formula is C16H24N2O4. The van der Waals surface area contributed by atoms with Crippen molar-refractivity contribution in [2.75, 3.05) is 33.5 Å². The number of ether oxygens (including phenoxy) is 3. The van der Waals surface area contributed by atoms with Crippen molar-refractivity contribution in [2.45, 2.75) is 20.3 Å². The summed E-state index contributed by atoms with van der Waals surface area (Å²) in [6.45, 7) is 6.12. The highest BCUT2D eigenvalue weighted by Gasteiger charge is 2.14. The Labute approximate surface area is 131 Å². The van der Waals surface area contributed by atoms with E-state index in [1.807, 2.05) is 12.1 Å². The van der Waals surface area contributed by atoms with Crippen molar-refractivity contribution in [3.63, 3.8) is 0 Å². The molecule has 1 N–H and O–H groups in total. The summed E-state index contributed by atoms with van der Waals surface area (Å²) in [6, 6.07) is 5.36. The van der Waals surface area contributed by atoms with E-state index in [-0.39, 0.29) is 12.8 Å². The van der Waals surface area contributed by atoms with E-state index >= 15 is 0 Å². The molecule has 6 heteroatoms. The summed E-state index contributed by atoms with van der Waals surface area (Å²) in [5.41, 5.74) is 0. The van der Waals surface area contributed by atoms with Gasteiger partial charge in [-0.1, -0.05) is 20.3 Å². The molecule has 0 fully saturated rings. The highest BCUT2D eigenvalue weighted by atomic mass is 16.7. The number of rotatable bonds is 7. The van der Waals surface area contributed by atoms with Gasteiger partial charge in [0.25, 0.3) is 0 Å². The van der Waals surface area contributed by atoms with Crippen molar-refractivity contribution in [1.82, 2.24) is 10.2 Å². The van der Waals surface area contributed by atoms with E-state index in [1.54, 1.807) is 18.0 Å². The van der Waals surface area contributed by atoms with Crippen LogP contribution >= 0.6 is 0 Å². The Balaban J connectivity index is 1.67. The SMILES string of the molecule is CCC(C)CN(C)C(=O)NCCOc1ccc2c(c1)OCO2. The second-order valence-corrected chi connectivity index (χ2v) is 5.49.